The van der Waals surface area contributed by atoms with Crippen molar-refractivity contribution >= 4 is 28.9 Å². The molecule has 0 bridgehead atoms. The number of para-hydroxylation sites is 1. The van der Waals surface area contributed by atoms with E-state index >= 15 is 0 Å². The molecule has 6 heteroatoms. The predicted octanol–water partition coefficient (Wildman–Crippen LogP) is 3.93. The van der Waals surface area contributed by atoms with Crippen molar-refractivity contribution in [3.8, 4) is 5.75 Å². The molecule has 0 fully saturated rings. The molecule has 0 aromatic heterocycles. The van der Waals surface area contributed by atoms with E-state index in [1.54, 1.807) is 36.4 Å². The van der Waals surface area contributed by atoms with Crippen LogP contribution in [0.1, 0.15) is 6.42 Å². The predicted molar refractivity (Wildman–Crippen MR) is 86.1 cm³/mol. The first-order chi connectivity index (χ1) is 10.6. The lowest BCUT2D eigenvalue weighted by atomic mass is 10.2. The third-order valence-electron chi connectivity index (χ3n) is 2.98. The van der Waals surface area contributed by atoms with E-state index in [1.165, 1.54) is 13.2 Å². The largest absolute Gasteiger partial charge is 0.495 e. The van der Waals surface area contributed by atoms with E-state index in [1.807, 2.05) is 0 Å². The zero-order chi connectivity index (χ0) is 15.9. The maximum absolute atomic E-state index is 13.4. The normalized spacial score (nSPS) is 10.1. The van der Waals surface area contributed by atoms with Crippen LogP contribution in [0.25, 0.3) is 0 Å². The summed E-state index contributed by atoms with van der Waals surface area (Å²) in [5.41, 5.74) is 0.962. The number of halogens is 2. The van der Waals surface area contributed by atoms with E-state index in [0.717, 1.165) is 0 Å². The van der Waals surface area contributed by atoms with E-state index in [2.05, 4.69) is 10.6 Å². The molecule has 0 saturated heterocycles. The van der Waals surface area contributed by atoms with Gasteiger partial charge in [-0.15, -0.1) is 0 Å². The molecule has 2 N–H and O–H groups in total. The molecule has 0 atom stereocenters. The number of ether oxygens (including phenoxy) is 1. The van der Waals surface area contributed by atoms with Crippen LogP contribution in [0.2, 0.25) is 5.02 Å². The fourth-order valence-corrected chi connectivity index (χ4v) is 2.14. The number of carbonyl (C=O) groups is 1. The Morgan fingerprint density at radius 3 is 2.73 bits per heavy atom. The average Bonchev–Trinajstić information content (AvgIpc) is 2.49. The highest BCUT2D eigenvalue weighted by Crippen LogP contribution is 2.27. The molecule has 4 nitrogen and oxygen atoms in total. The number of benzene rings is 2. The first-order valence-corrected chi connectivity index (χ1v) is 7.09. The van der Waals surface area contributed by atoms with Gasteiger partial charge in [0.25, 0.3) is 0 Å². The molecular weight excluding hydrogens is 307 g/mol. The minimum absolute atomic E-state index is 0.190. The molecule has 0 heterocycles. The maximum Gasteiger partial charge on any atom is 0.226 e. The van der Waals surface area contributed by atoms with Gasteiger partial charge in [-0.25, -0.2) is 4.39 Å². The molecule has 0 saturated carbocycles. The monoisotopic (exact) mass is 322 g/mol. The van der Waals surface area contributed by atoms with E-state index in [0.29, 0.717) is 28.7 Å². The summed E-state index contributed by atoms with van der Waals surface area (Å²) in [6.07, 6.45) is 0.206. The van der Waals surface area contributed by atoms with Gasteiger partial charge in [0.05, 0.1) is 17.8 Å². The first-order valence-electron chi connectivity index (χ1n) is 6.72. The van der Waals surface area contributed by atoms with Crippen LogP contribution >= 0.6 is 11.6 Å². The molecule has 2 aromatic rings. The van der Waals surface area contributed by atoms with Crippen LogP contribution < -0.4 is 15.4 Å². The number of hydrogen-bond donors (Lipinski definition) is 2. The van der Waals surface area contributed by atoms with E-state index in [-0.39, 0.29) is 18.1 Å². The molecule has 1 amide bonds. The summed E-state index contributed by atoms with van der Waals surface area (Å²) >= 11 is 5.98. The van der Waals surface area contributed by atoms with Crippen molar-refractivity contribution in [1.82, 2.24) is 0 Å². The topological polar surface area (TPSA) is 50.4 Å². The summed E-state index contributed by atoms with van der Waals surface area (Å²) < 4.78 is 18.4. The summed E-state index contributed by atoms with van der Waals surface area (Å²) in [6, 6.07) is 11.3. The molecule has 0 radical (unpaired) electrons. The van der Waals surface area contributed by atoms with Crippen LogP contribution in [-0.2, 0) is 4.79 Å². The van der Waals surface area contributed by atoms with Crippen LogP contribution in [0.15, 0.2) is 42.5 Å². The third kappa shape index (κ3) is 4.36. The minimum atomic E-state index is -0.343. The zero-order valence-corrected chi connectivity index (χ0v) is 12.8. The molecule has 0 aliphatic rings. The number of carbonyl (C=O) groups excluding carboxylic acids is 1. The van der Waals surface area contributed by atoms with Crippen LogP contribution in [-0.4, -0.2) is 19.6 Å². The smallest absolute Gasteiger partial charge is 0.226 e. The van der Waals surface area contributed by atoms with Gasteiger partial charge in [-0.05, 0) is 30.3 Å². The summed E-state index contributed by atoms with van der Waals surface area (Å²) in [6.45, 7) is 0.330. The van der Waals surface area contributed by atoms with Gasteiger partial charge < -0.3 is 15.4 Å². The van der Waals surface area contributed by atoms with Crippen LogP contribution in [0, 0.1) is 5.82 Å². The second-order valence-electron chi connectivity index (χ2n) is 4.55. The number of nitrogens with one attached hydrogen (secondary N) is 2. The van der Waals surface area contributed by atoms with Crippen LogP contribution in [0.4, 0.5) is 15.8 Å². The summed E-state index contributed by atoms with van der Waals surface area (Å²) in [7, 11) is 1.52. The molecule has 0 unspecified atom stereocenters. The molecule has 0 aliphatic carbocycles. The van der Waals surface area contributed by atoms with Crippen molar-refractivity contribution < 1.29 is 13.9 Å². The SMILES string of the molecule is COc1ccc(NC(=O)CCNc2ccccc2F)cc1Cl. The minimum Gasteiger partial charge on any atom is -0.495 e. The Balaban J connectivity index is 1.83. The standard InChI is InChI=1S/C16H16ClFN2O2/c1-22-15-7-6-11(10-12(15)17)20-16(21)8-9-19-14-5-3-2-4-13(14)18/h2-7,10,19H,8-9H2,1H3,(H,20,21). The molecule has 2 rings (SSSR count). The van der Waals surface area contributed by atoms with Crippen molar-refractivity contribution in [3.05, 3.63) is 53.3 Å². The second-order valence-corrected chi connectivity index (χ2v) is 4.96. The molecule has 0 spiro atoms. The number of rotatable bonds is 6. The van der Waals surface area contributed by atoms with Gasteiger partial charge in [0, 0.05) is 18.7 Å². The summed E-state index contributed by atoms with van der Waals surface area (Å²) in [4.78, 5) is 11.8. The molecule has 0 aliphatic heterocycles. The fourth-order valence-electron chi connectivity index (χ4n) is 1.88. The number of hydrogen-bond acceptors (Lipinski definition) is 3. The Morgan fingerprint density at radius 1 is 1.27 bits per heavy atom. The lowest BCUT2D eigenvalue weighted by Crippen LogP contribution is -2.16. The Kier molecular flexibility index (Phi) is 5.61. The molecule has 116 valence electrons. The second kappa shape index (κ2) is 7.66. The Morgan fingerprint density at radius 2 is 2.05 bits per heavy atom. The molecule has 22 heavy (non-hydrogen) atoms. The van der Waals surface area contributed by atoms with Gasteiger partial charge in [0.2, 0.25) is 5.91 Å². The number of anilines is 2. The first kappa shape index (κ1) is 16.1. The Labute approximate surface area is 133 Å². The molecular formula is C16H16ClFN2O2. The maximum atomic E-state index is 13.4. The summed E-state index contributed by atoms with van der Waals surface area (Å²) in [5, 5.41) is 6.02. The summed E-state index contributed by atoms with van der Waals surface area (Å²) in [5.74, 6) is 0.0100. The van der Waals surface area contributed by atoms with Gasteiger partial charge in [0.15, 0.2) is 0 Å². The van der Waals surface area contributed by atoms with Gasteiger partial charge in [0.1, 0.15) is 11.6 Å². The van der Waals surface area contributed by atoms with Crippen molar-refractivity contribution in [2.45, 2.75) is 6.42 Å². The number of amides is 1. The van der Waals surface area contributed by atoms with Gasteiger partial charge in [-0.2, -0.15) is 0 Å². The highest BCUT2D eigenvalue weighted by molar-refractivity contribution is 6.32. The third-order valence-corrected chi connectivity index (χ3v) is 3.27. The van der Waals surface area contributed by atoms with E-state index < -0.39 is 0 Å². The van der Waals surface area contributed by atoms with Crippen molar-refractivity contribution in [2.75, 3.05) is 24.3 Å². The lowest BCUT2D eigenvalue weighted by molar-refractivity contribution is -0.115. The highest BCUT2D eigenvalue weighted by Gasteiger charge is 2.06. The van der Waals surface area contributed by atoms with Gasteiger partial charge >= 0.3 is 0 Å². The van der Waals surface area contributed by atoms with Crippen molar-refractivity contribution in [2.24, 2.45) is 0 Å². The van der Waals surface area contributed by atoms with E-state index in [4.69, 9.17) is 16.3 Å². The fraction of sp³-hybridized carbons (Fsp3) is 0.188. The number of methoxy groups -OCH3 is 1. The Bertz CT molecular complexity index is 664. The lowest BCUT2D eigenvalue weighted by Gasteiger charge is -2.09. The van der Waals surface area contributed by atoms with Gasteiger partial charge in [-0.1, -0.05) is 23.7 Å². The highest BCUT2D eigenvalue weighted by atomic mass is 35.5. The van der Waals surface area contributed by atoms with Crippen LogP contribution in [0.5, 0.6) is 5.75 Å². The Hall–Kier alpha value is -2.27. The van der Waals surface area contributed by atoms with Crippen LogP contribution in [0.3, 0.4) is 0 Å². The average molecular weight is 323 g/mol. The van der Waals surface area contributed by atoms with Crippen molar-refractivity contribution in [3.63, 3.8) is 0 Å². The van der Waals surface area contributed by atoms with E-state index in [9.17, 15) is 9.18 Å². The quantitative estimate of drug-likeness (QED) is 0.847. The molecule has 2 aromatic carbocycles. The zero-order valence-electron chi connectivity index (χ0n) is 12.0. The van der Waals surface area contributed by atoms with Gasteiger partial charge in [-0.3, -0.25) is 4.79 Å². The van der Waals surface area contributed by atoms with Crippen molar-refractivity contribution in [1.29, 1.82) is 0 Å².